The molecule has 1 atom stereocenters. The summed E-state index contributed by atoms with van der Waals surface area (Å²) in [5, 5.41) is 13.8. The third kappa shape index (κ3) is 4.72. The molecule has 1 fully saturated rings. The number of carbonyl (C=O) groups is 3. The number of nitrogens with one attached hydrogen (secondary N) is 1. The Balaban J connectivity index is 1.52. The number of benzene rings is 1. The van der Waals surface area contributed by atoms with Gasteiger partial charge in [-0.2, -0.15) is 5.26 Å². The first kappa shape index (κ1) is 19.5. The zero-order valence-corrected chi connectivity index (χ0v) is 16.0. The minimum Gasteiger partial charge on any atom is -0.452 e. The molecule has 2 heterocycles. The van der Waals surface area contributed by atoms with E-state index in [1.54, 1.807) is 28.5 Å². The molecule has 2 aromatic rings. The highest BCUT2D eigenvalue weighted by Gasteiger charge is 2.25. The third-order valence-electron chi connectivity index (χ3n) is 4.11. The van der Waals surface area contributed by atoms with E-state index < -0.39 is 18.0 Å². The predicted octanol–water partition coefficient (Wildman–Crippen LogP) is 2.25. The molecule has 1 aromatic heterocycles. The summed E-state index contributed by atoms with van der Waals surface area (Å²) in [7, 11) is 0. The van der Waals surface area contributed by atoms with Gasteiger partial charge in [0.1, 0.15) is 0 Å². The van der Waals surface area contributed by atoms with Crippen LogP contribution in [0.25, 0.3) is 0 Å². The lowest BCUT2D eigenvalue weighted by Crippen LogP contribution is -2.30. The molecule has 0 aliphatic carbocycles. The van der Waals surface area contributed by atoms with Crippen molar-refractivity contribution in [1.82, 2.24) is 4.98 Å². The second-order valence-corrected chi connectivity index (χ2v) is 7.10. The third-order valence-corrected chi connectivity index (χ3v) is 5.02. The Morgan fingerprint density at radius 3 is 3.00 bits per heavy atom. The molecule has 8 nitrogen and oxygen atoms in total. The number of hydrogen-bond acceptors (Lipinski definition) is 7. The van der Waals surface area contributed by atoms with E-state index in [4.69, 9.17) is 10.00 Å². The van der Waals surface area contributed by atoms with Gasteiger partial charge in [-0.1, -0.05) is 6.07 Å². The summed E-state index contributed by atoms with van der Waals surface area (Å²) in [5.74, 6) is -1.04. The summed E-state index contributed by atoms with van der Waals surface area (Å²) in [5.41, 5.74) is 1.36. The Hall–Kier alpha value is -3.25. The lowest BCUT2D eigenvalue weighted by molar-refractivity contribution is -0.152. The Kier molecular flexibility index (Phi) is 6.01. The number of aromatic nitrogens is 1. The van der Waals surface area contributed by atoms with Crippen LogP contribution in [0.3, 0.4) is 0 Å². The van der Waals surface area contributed by atoms with E-state index in [2.05, 4.69) is 10.3 Å². The molecule has 9 heteroatoms. The van der Waals surface area contributed by atoms with Crippen molar-refractivity contribution in [3.8, 4) is 6.07 Å². The van der Waals surface area contributed by atoms with Crippen LogP contribution in [0.15, 0.2) is 29.6 Å². The summed E-state index contributed by atoms with van der Waals surface area (Å²) < 4.78 is 5.17. The fourth-order valence-corrected chi connectivity index (χ4v) is 3.57. The first-order valence-electron chi connectivity index (χ1n) is 8.71. The highest BCUT2D eigenvalue weighted by atomic mass is 32.1. The maximum absolute atomic E-state index is 12.2. The number of hydrogen-bond donors (Lipinski definition) is 1. The fraction of sp³-hybridized carbons (Fsp3) is 0.316. The van der Waals surface area contributed by atoms with E-state index >= 15 is 0 Å². The molecule has 0 saturated carbocycles. The number of rotatable bonds is 6. The van der Waals surface area contributed by atoms with E-state index in [9.17, 15) is 14.4 Å². The Bertz CT molecular complexity index is 949. The Morgan fingerprint density at radius 2 is 2.29 bits per heavy atom. The number of nitriles is 1. The van der Waals surface area contributed by atoms with E-state index in [0.29, 0.717) is 35.0 Å². The van der Waals surface area contributed by atoms with E-state index in [-0.39, 0.29) is 12.3 Å². The second-order valence-electron chi connectivity index (χ2n) is 6.26. The summed E-state index contributed by atoms with van der Waals surface area (Å²) in [6, 6.07) is 8.43. The van der Waals surface area contributed by atoms with Crippen molar-refractivity contribution < 1.29 is 19.1 Å². The number of anilines is 2. The average Bonchev–Trinajstić information content (AvgIpc) is 3.30. The molecule has 1 aliphatic rings. The minimum atomic E-state index is -1.00. The summed E-state index contributed by atoms with van der Waals surface area (Å²) in [6.07, 6.45) is 0.233. The number of thiazole rings is 1. The molecule has 0 spiro atoms. The van der Waals surface area contributed by atoms with Crippen LogP contribution in [0.1, 0.15) is 31.0 Å². The molecule has 144 valence electrons. The molecule has 0 unspecified atom stereocenters. The smallest absolute Gasteiger partial charge is 0.312 e. The topological polar surface area (TPSA) is 112 Å². The van der Waals surface area contributed by atoms with Gasteiger partial charge in [0.2, 0.25) is 5.91 Å². The first-order valence-corrected chi connectivity index (χ1v) is 9.59. The molecule has 1 N–H and O–H groups in total. The highest BCUT2D eigenvalue weighted by molar-refractivity contribution is 7.14. The molecule has 1 aromatic carbocycles. The molecule has 28 heavy (non-hydrogen) atoms. The summed E-state index contributed by atoms with van der Waals surface area (Å²) >= 11 is 1.30. The molecule has 1 saturated heterocycles. The van der Waals surface area contributed by atoms with Gasteiger partial charge in [-0.3, -0.25) is 19.3 Å². The van der Waals surface area contributed by atoms with Crippen LogP contribution < -0.4 is 10.2 Å². The molecule has 1 aliphatic heterocycles. The quantitative estimate of drug-likeness (QED) is 0.747. The lowest BCUT2D eigenvalue weighted by Gasteiger charge is -2.13. The van der Waals surface area contributed by atoms with Gasteiger partial charge in [0.05, 0.1) is 23.7 Å². The number of carbonyl (C=O) groups excluding carboxylic acids is 3. The molecular weight excluding hydrogens is 380 g/mol. The van der Waals surface area contributed by atoms with Gasteiger partial charge in [0, 0.05) is 24.0 Å². The zero-order valence-electron chi connectivity index (χ0n) is 15.2. The number of amides is 2. The second kappa shape index (κ2) is 8.63. The number of nitrogens with zero attached hydrogens (tertiary/aromatic N) is 3. The van der Waals surface area contributed by atoms with Gasteiger partial charge in [0.15, 0.2) is 11.2 Å². The lowest BCUT2D eigenvalue weighted by atomic mass is 10.2. The van der Waals surface area contributed by atoms with Crippen LogP contribution in [0.4, 0.5) is 10.8 Å². The van der Waals surface area contributed by atoms with Crippen LogP contribution in [0.2, 0.25) is 0 Å². The SMILES string of the molecule is C[C@@H](OC(=O)Cc1csc(N2CCCC2=O)n1)C(=O)Nc1cccc(C#N)c1. The standard InChI is InChI=1S/C19H18N4O4S/c1-12(18(26)21-14-5-2-4-13(8-14)10-20)27-17(25)9-15-11-28-19(22-15)23-7-3-6-16(23)24/h2,4-5,8,11-12H,3,6-7,9H2,1H3,(H,21,26)/t12-/m1/s1. The molecule has 3 rings (SSSR count). The first-order chi connectivity index (χ1) is 13.5. The molecule has 2 amide bonds. The maximum atomic E-state index is 12.2. The van der Waals surface area contributed by atoms with Crippen molar-refractivity contribution in [3.05, 3.63) is 40.9 Å². The van der Waals surface area contributed by atoms with Gasteiger partial charge in [0.25, 0.3) is 5.91 Å². The Morgan fingerprint density at radius 1 is 1.46 bits per heavy atom. The van der Waals surface area contributed by atoms with Crippen molar-refractivity contribution in [1.29, 1.82) is 5.26 Å². The van der Waals surface area contributed by atoms with E-state index in [0.717, 1.165) is 6.42 Å². The largest absolute Gasteiger partial charge is 0.452 e. The highest BCUT2D eigenvalue weighted by Crippen LogP contribution is 2.25. The van der Waals surface area contributed by atoms with Gasteiger partial charge < -0.3 is 10.1 Å². The summed E-state index contributed by atoms with van der Waals surface area (Å²) in [6.45, 7) is 2.11. The van der Waals surface area contributed by atoms with Crippen LogP contribution in [-0.4, -0.2) is 35.4 Å². The van der Waals surface area contributed by atoms with Gasteiger partial charge in [-0.15, -0.1) is 11.3 Å². The minimum absolute atomic E-state index is 0.0363. The predicted molar refractivity (Wildman–Crippen MR) is 103 cm³/mol. The van der Waals surface area contributed by atoms with Gasteiger partial charge in [-0.05, 0) is 31.5 Å². The van der Waals surface area contributed by atoms with Crippen molar-refractivity contribution in [2.24, 2.45) is 0 Å². The fourth-order valence-electron chi connectivity index (χ4n) is 2.70. The van der Waals surface area contributed by atoms with Crippen LogP contribution >= 0.6 is 11.3 Å². The molecule has 0 radical (unpaired) electrons. The van der Waals surface area contributed by atoms with Crippen molar-refractivity contribution >= 4 is 39.9 Å². The molecule has 0 bridgehead atoms. The zero-order chi connectivity index (χ0) is 20.1. The molecular formula is C19H18N4O4S. The van der Waals surface area contributed by atoms with Crippen molar-refractivity contribution in [3.63, 3.8) is 0 Å². The summed E-state index contributed by atoms with van der Waals surface area (Å²) in [4.78, 5) is 42.0. The van der Waals surface area contributed by atoms with Crippen molar-refractivity contribution in [2.75, 3.05) is 16.8 Å². The average molecular weight is 398 g/mol. The van der Waals surface area contributed by atoms with Crippen LogP contribution in [0, 0.1) is 11.3 Å². The maximum Gasteiger partial charge on any atom is 0.312 e. The van der Waals surface area contributed by atoms with Gasteiger partial charge >= 0.3 is 5.97 Å². The van der Waals surface area contributed by atoms with Crippen molar-refractivity contribution in [2.45, 2.75) is 32.3 Å². The van der Waals surface area contributed by atoms with Crippen LogP contribution in [-0.2, 0) is 25.5 Å². The number of ether oxygens (including phenoxy) is 1. The van der Waals surface area contributed by atoms with Crippen LogP contribution in [0.5, 0.6) is 0 Å². The van der Waals surface area contributed by atoms with Gasteiger partial charge in [-0.25, -0.2) is 4.98 Å². The Labute approximate surface area is 165 Å². The monoisotopic (exact) mass is 398 g/mol. The van der Waals surface area contributed by atoms with E-state index in [1.165, 1.54) is 24.3 Å². The normalized spacial score (nSPS) is 14.4. The van der Waals surface area contributed by atoms with E-state index in [1.807, 2.05) is 6.07 Å². The number of esters is 1.